The van der Waals surface area contributed by atoms with Gasteiger partial charge in [-0.05, 0) is 51.5 Å². The Morgan fingerprint density at radius 3 is 2.41 bits per heavy atom. The number of hydrogen-bond donors (Lipinski definition) is 0. The first kappa shape index (κ1) is 14.1. The highest BCUT2D eigenvalue weighted by molar-refractivity contribution is 7.99. The van der Waals surface area contributed by atoms with Crippen molar-refractivity contribution in [3.05, 3.63) is 29.8 Å². The Kier molecular flexibility index (Phi) is 5.58. The second kappa shape index (κ2) is 6.71. The Morgan fingerprint density at radius 1 is 1.18 bits per heavy atom. The Hall–Kier alpha value is -0.940. The number of nitrogens with zero attached hydrogens (tertiary/aromatic N) is 1. The lowest BCUT2D eigenvalue weighted by Crippen LogP contribution is -2.07. The summed E-state index contributed by atoms with van der Waals surface area (Å²) in [7, 11) is 0. The lowest BCUT2D eigenvalue weighted by atomic mass is 9.89. The van der Waals surface area contributed by atoms with Crippen LogP contribution in [0, 0.1) is 23.7 Å². The summed E-state index contributed by atoms with van der Waals surface area (Å²) in [6.45, 7) is 6.14. The van der Waals surface area contributed by atoms with Gasteiger partial charge in [0.05, 0.1) is 11.5 Å². The summed E-state index contributed by atoms with van der Waals surface area (Å²) >= 11 is 1.90. The molecule has 0 aliphatic heterocycles. The first-order chi connectivity index (χ1) is 8.03. The molecule has 0 heterocycles. The molecule has 0 aliphatic carbocycles. The fourth-order valence-electron chi connectivity index (χ4n) is 1.55. The van der Waals surface area contributed by atoms with Gasteiger partial charge in [-0.25, -0.2) is 0 Å². The van der Waals surface area contributed by atoms with E-state index in [-0.39, 0.29) is 5.41 Å². The van der Waals surface area contributed by atoms with Crippen molar-refractivity contribution in [2.45, 2.75) is 44.9 Å². The molecule has 0 saturated heterocycles. The second-order valence-corrected chi connectivity index (χ2v) is 6.28. The second-order valence-electron chi connectivity index (χ2n) is 5.11. The van der Waals surface area contributed by atoms with Crippen LogP contribution in [-0.2, 0) is 0 Å². The molecule has 2 heteroatoms. The van der Waals surface area contributed by atoms with Crippen LogP contribution in [0.2, 0.25) is 0 Å². The van der Waals surface area contributed by atoms with E-state index in [0.717, 1.165) is 18.6 Å². The molecule has 0 saturated carbocycles. The van der Waals surface area contributed by atoms with Crippen molar-refractivity contribution in [2.75, 3.05) is 5.75 Å². The molecule has 1 aromatic carbocycles. The minimum absolute atomic E-state index is 0.158. The van der Waals surface area contributed by atoms with Gasteiger partial charge in [-0.3, -0.25) is 0 Å². The minimum atomic E-state index is -0.158. The van der Waals surface area contributed by atoms with Crippen LogP contribution in [0.4, 0.5) is 0 Å². The van der Waals surface area contributed by atoms with Crippen molar-refractivity contribution >= 4 is 11.8 Å². The zero-order valence-corrected chi connectivity index (χ0v) is 11.8. The first-order valence-electron chi connectivity index (χ1n) is 6.14. The van der Waals surface area contributed by atoms with Crippen molar-refractivity contribution in [1.82, 2.24) is 0 Å². The molecule has 0 radical (unpaired) electrons. The maximum absolute atomic E-state index is 8.90. The van der Waals surface area contributed by atoms with Gasteiger partial charge >= 0.3 is 0 Å². The molecule has 0 bridgehead atoms. The number of rotatable bonds is 6. The molecule has 1 rings (SSSR count). The van der Waals surface area contributed by atoms with Crippen LogP contribution in [0.15, 0.2) is 29.2 Å². The summed E-state index contributed by atoms with van der Waals surface area (Å²) in [6, 6.07) is 11.0. The molecule has 0 unspecified atom stereocenters. The lowest BCUT2D eigenvalue weighted by molar-refractivity contribution is 0.433. The molecule has 17 heavy (non-hydrogen) atoms. The summed E-state index contributed by atoms with van der Waals surface area (Å²) in [4.78, 5) is 1.34. The predicted octanol–water partition coefficient (Wildman–Crippen LogP) is 4.81. The average molecular weight is 247 g/mol. The van der Waals surface area contributed by atoms with Gasteiger partial charge in [0.15, 0.2) is 0 Å². The summed E-state index contributed by atoms with van der Waals surface area (Å²) in [5, 5.41) is 8.90. The molecule has 0 aliphatic rings. The van der Waals surface area contributed by atoms with E-state index >= 15 is 0 Å². The Morgan fingerprint density at radius 2 is 1.82 bits per heavy atom. The van der Waals surface area contributed by atoms with Crippen molar-refractivity contribution in [1.29, 1.82) is 5.26 Å². The molecule has 0 spiro atoms. The molecule has 1 aromatic rings. The summed E-state index contributed by atoms with van der Waals surface area (Å²) in [6.07, 6.45) is 3.32. The Bertz CT molecular complexity index is 373. The third kappa shape index (κ3) is 5.79. The van der Waals surface area contributed by atoms with Gasteiger partial charge < -0.3 is 0 Å². The van der Waals surface area contributed by atoms with Gasteiger partial charge in [-0.1, -0.05) is 24.1 Å². The highest BCUT2D eigenvalue weighted by atomic mass is 32.2. The Balaban J connectivity index is 2.17. The third-order valence-electron chi connectivity index (χ3n) is 2.79. The van der Waals surface area contributed by atoms with Gasteiger partial charge in [0.25, 0.3) is 0 Å². The monoisotopic (exact) mass is 247 g/mol. The van der Waals surface area contributed by atoms with Gasteiger partial charge in [0, 0.05) is 4.90 Å². The van der Waals surface area contributed by atoms with E-state index in [1.54, 1.807) is 0 Å². The third-order valence-corrected chi connectivity index (χ3v) is 3.89. The standard InChI is InChI=1S/C15H21NS/c1-13-6-8-14(9-7-13)17-11-5-4-10-15(2,3)12-16/h6-9H,4-5,10-11H2,1-3H3. The van der Waals surface area contributed by atoms with E-state index in [1.807, 2.05) is 25.6 Å². The summed E-state index contributed by atoms with van der Waals surface area (Å²) in [5.41, 5.74) is 1.15. The van der Waals surface area contributed by atoms with Crippen molar-refractivity contribution in [2.24, 2.45) is 5.41 Å². The van der Waals surface area contributed by atoms with E-state index in [9.17, 15) is 0 Å². The highest BCUT2D eigenvalue weighted by Gasteiger charge is 2.15. The zero-order chi connectivity index (χ0) is 12.7. The van der Waals surface area contributed by atoms with Crippen molar-refractivity contribution in [3.8, 4) is 6.07 Å². The summed E-state index contributed by atoms with van der Waals surface area (Å²) in [5.74, 6) is 1.14. The smallest absolute Gasteiger partial charge is 0.0683 e. The number of hydrogen-bond acceptors (Lipinski definition) is 2. The normalized spacial score (nSPS) is 11.2. The van der Waals surface area contributed by atoms with Crippen LogP contribution < -0.4 is 0 Å². The number of nitriles is 1. The van der Waals surface area contributed by atoms with E-state index in [4.69, 9.17) is 5.26 Å². The molecular weight excluding hydrogens is 226 g/mol. The Labute approximate surface area is 109 Å². The van der Waals surface area contributed by atoms with Crippen LogP contribution >= 0.6 is 11.8 Å². The van der Waals surface area contributed by atoms with E-state index in [1.165, 1.54) is 16.9 Å². The van der Waals surface area contributed by atoms with Crippen molar-refractivity contribution < 1.29 is 0 Å². The van der Waals surface area contributed by atoms with Crippen molar-refractivity contribution in [3.63, 3.8) is 0 Å². The zero-order valence-electron chi connectivity index (χ0n) is 11.0. The lowest BCUT2D eigenvalue weighted by Gasteiger charge is -2.13. The van der Waals surface area contributed by atoms with Gasteiger partial charge in [-0.2, -0.15) is 5.26 Å². The average Bonchev–Trinajstić information content (AvgIpc) is 2.31. The van der Waals surface area contributed by atoms with E-state index in [0.29, 0.717) is 0 Å². The number of unbranched alkanes of at least 4 members (excludes halogenated alkanes) is 1. The molecule has 0 amide bonds. The van der Waals surface area contributed by atoms with Crippen LogP contribution in [0.1, 0.15) is 38.7 Å². The molecule has 0 aromatic heterocycles. The van der Waals surface area contributed by atoms with Gasteiger partial charge in [0.2, 0.25) is 0 Å². The molecule has 0 atom stereocenters. The maximum Gasteiger partial charge on any atom is 0.0683 e. The van der Waals surface area contributed by atoms with E-state index < -0.39 is 0 Å². The maximum atomic E-state index is 8.90. The quantitative estimate of drug-likeness (QED) is 0.532. The number of aryl methyl sites for hydroxylation is 1. The van der Waals surface area contributed by atoms with Gasteiger partial charge in [-0.15, -0.1) is 11.8 Å². The fraction of sp³-hybridized carbons (Fsp3) is 0.533. The topological polar surface area (TPSA) is 23.8 Å². The number of thioether (sulfide) groups is 1. The van der Waals surface area contributed by atoms with Gasteiger partial charge in [0.1, 0.15) is 0 Å². The molecule has 0 fully saturated rings. The number of benzene rings is 1. The summed E-state index contributed by atoms with van der Waals surface area (Å²) < 4.78 is 0. The highest BCUT2D eigenvalue weighted by Crippen LogP contribution is 2.24. The first-order valence-corrected chi connectivity index (χ1v) is 7.13. The van der Waals surface area contributed by atoms with Crippen LogP contribution in [0.3, 0.4) is 0 Å². The SMILES string of the molecule is Cc1ccc(SCCCCC(C)(C)C#N)cc1. The molecular formula is C15H21NS. The minimum Gasteiger partial charge on any atom is -0.198 e. The van der Waals surface area contributed by atoms with Crippen LogP contribution in [0.5, 0.6) is 0 Å². The predicted molar refractivity (Wildman–Crippen MR) is 75.1 cm³/mol. The molecule has 0 N–H and O–H groups in total. The molecule has 1 nitrogen and oxygen atoms in total. The van der Waals surface area contributed by atoms with E-state index in [2.05, 4.69) is 37.3 Å². The fourth-order valence-corrected chi connectivity index (χ4v) is 2.46. The van der Waals surface area contributed by atoms with Crippen LogP contribution in [-0.4, -0.2) is 5.75 Å². The molecule has 92 valence electrons. The van der Waals surface area contributed by atoms with Crippen LogP contribution in [0.25, 0.3) is 0 Å². The largest absolute Gasteiger partial charge is 0.198 e.